The lowest BCUT2D eigenvalue weighted by Gasteiger charge is -2.11. The minimum absolute atomic E-state index is 0.509. The first-order valence-electron chi connectivity index (χ1n) is 20.0. The molecule has 12 aromatic rings. The third-order valence-electron chi connectivity index (χ3n) is 11.3. The maximum atomic E-state index is 6.85. The zero-order chi connectivity index (χ0) is 39.6. The smallest absolute Gasteiger partial charge is 0.227 e. The Morgan fingerprint density at radius 1 is 0.317 bits per heavy atom. The molecule has 0 fully saturated rings. The second-order valence-corrected chi connectivity index (χ2v) is 15.0. The van der Waals surface area contributed by atoms with Gasteiger partial charge in [0.05, 0.1) is 10.9 Å². The van der Waals surface area contributed by atoms with Crippen molar-refractivity contribution < 1.29 is 8.83 Å². The van der Waals surface area contributed by atoms with E-state index in [1.807, 2.05) is 48.5 Å². The Bertz CT molecular complexity index is 3590. The predicted octanol–water partition coefficient (Wildman–Crippen LogP) is 14.2. The van der Waals surface area contributed by atoms with Gasteiger partial charge in [-0.1, -0.05) is 152 Å². The Morgan fingerprint density at radius 2 is 0.900 bits per heavy atom. The van der Waals surface area contributed by atoms with Crippen LogP contribution in [0.2, 0.25) is 0 Å². The minimum Gasteiger partial charge on any atom is -0.455 e. The monoisotopic (exact) mass is 768 g/mol. The molecular weight excluding hydrogens is 737 g/mol. The lowest BCUT2D eigenvalue weighted by molar-refractivity contribution is 0.619. The fraction of sp³-hybridized carbons (Fsp3) is 0. The van der Waals surface area contributed by atoms with Crippen LogP contribution < -0.4 is 0 Å². The van der Waals surface area contributed by atoms with Crippen molar-refractivity contribution in [1.29, 1.82) is 0 Å². The van der Waals surface area contributed by atoms with Crippen molar-refractivity contribution in [3.8, 4) is 67.9 Å². The molecule has 0 N–H and O–H groups in total. The van der Waals surface area contributed by atoms with Gasteiger partial charge in [0, 0.05) is 22.1 Å². The number of fused-ring (bicyclic) bond motifs is 8. The average Bonchev–Trinajstić information content (AvgIpc) is 3.95. The second kappa shape index (κ2) is 13.7. The Kier molecular flexibility index (Phi) is 7.74. The minimum atomic E-state index is 0.509. The van der Waals surface area contributed by atoms with E-state index >= 15 is 0 Å². The number of hydrogen-bond donors (Lipinski definition) is 0. The van der Waals surface area contributed by atoms with E-state index in [1.54, 1.807) is 0 Å². The summed E-state index contributed by atoms with van der Waals surface area (Å²) in [5.74, 6) is 2.20. The summed E-state index contributed by atoms with van der Waals surface area (Å²) in [6.45, 7) is 0. The summed E-state index contributed by atoms with van der Waals surface area (Å²) in [5, 5.41) is 6.32. The molecule has 3 heterocycles. The van der Waals surface area contributed by atoms with E-state index < -0.39 is 0 Å². The number of nitrogens with zero attached hydrogens (tertiary/aromatic N) is 4. The van der Waals surface area contributed by atoms with Crippen LogP contribution in [0.1, 0.15) is 0 Å². The fourth-order valence-corrected chi connectivity index (χ4v) is 8.37. The molecule has 0 radical (unpaired) electrons. The van der Waals surface area contributed by atoms with Crippen LogP contribution in [0.4, 0.5) is 0 Å². The molecule has 0 spiro atoms. The highest BCUT2D eigenvalue weighted by molar-refractivity contribution is 6.27. The van der Waals surface area contributed by atoms with Crippen LogP contribution in [0.25, 0.3) is 122 Å². The van der Waals surface area contributed by atoms with Gasteiger partial charge in [-0.3, -0.25) is 0 Å². The Hall–Kier alpha value is -8.22. The van der Waals surface area contributed by atoms with Crippen molar-refractivity contribution in [2.24, 2.45) is 0 Å². The molecule has 0 aliphatic rings. The van der Waals surface area contributed by atoms with Crippen LogP contribution in [0.5, 0.6) is 0 Å². The van der Waals surface area contributed by atoms with Gasteiger partial charge in [-0.2, -0.15) is 0 Å². The second-order valence-electron chi connectivity index (χ2n) is 15.0. The molecule has 9 aromatic carbocycles. The van der Waals surface area contributed by atoms with E-state index in [4.69, 9.17) is 28.8 Å². The molecule has 0 saturated carbocycles. The van der Waals surface area contributed by atoms with Gasteiger partial charge in [-0.05, 0) is 86.3 Å². The molecular formula is C54H32N4O2. The molecule has 0 aliphatic heterocycles. The number of benzene rings is 9. The summed E-state index contributed by atoms with van der Waals surface area (Å²) in [5.41, 5.74) is 10.7. The van der Waals surface area contributed by atoms with E-state index in [-0.39, 0.29) is 0 Å². The summed E-state index contributed by atoms with van der Waals surface area (Å²) in [7, 11) is 0. The SMILES string of the molecule is c1ccc(-c2cccc(-c3nc(-c4ccc(-c5ccc6ccccc6c5)cc4)nc(-c4cc5ccccc5c5c4oc4ccc6oc(-c7ccccc7)nc6c45)n3)c2)cc1. The highest BCUT2D eigenvalue weighted by Gasteiger charge is 2.23. The summed E-state index contributed by atoms with van der Waals surface area (Å²) in [4.78, 5) is 20.7. The molecule has 0 atom stereocenters. The van der Waals surface area contributed by atoms with Crippen LogP contribution in [-0.4, -0.2) is 19.9 Å². The van der Waals surface area contributed by atoms with Crippen LogP contribution in [-0.2, 0) is 0 Å². The normalized spacial score (nSPS) is 11.7. The van der Waals surface area contributed by atoms with Crippen LogP contribution in [0, 0.1) is 0 Å². The van der Waals surface area contributed by atoms with E-state index in [0.717, 1.165) is 71.6 Å². The van der Waals surface area contributed by atoms with Gasteiger partial charge in [0.2, 0.25) is 5.89 Å². The van der Waals surface area contributed by atoms with Crippen LogP contribution in [0.15, 0.2) is 203 Å². The number of rotatable bonds is 6. The lowest BCUT2D eigenvalue weighted by Crippen LogP contribution is -2.00. The van der Waals surface area contributed by atoms with Gasteiger partial charge in [0.1, 0.15) is 16.7 Å². The molecule has 6 heteroatoms. The van der Waals surface area contributed by atoms with Crippen molar-refractivity contribution >= 4 is 54.6 Å². The molecule has 280 valence electrons. The molecule has 0 unspecified atom stereocenters. The van der Waals surface area contributed by atoms with Crippen molar-refractivity contribution in [3.63, 3.8) is 0 Å². The standard InChI is InChI=1S/C54H32N4O2/c1-3-12-33(13-4-1)39-19-11-20-42(31-39)52-56-51(36-25-22-35(23-26-36)40-27-24-34-14-7-8-17-38(34)30-40)57-53(58-52)44-32-41-18-9-10-21-43(41)47-48-45(59-50(44)47)28-29-46-49(48)55-54(60-46)37-15-5-2-6-16-37/h1-32H. The Morgan fingerprint density at radius 3 is 1.72 bits per heavy atom. The first kappa shape index (κ1) is 33.9. The maximum absolute atomic E-state index is 6.85. The highest BCUT2D eigenvalue weighted by Crippen LogP contribution is 2.44. The number of aromatic nitrogens is 4. The summed E-state index contributed by atoms with van der Waals surface area (Å²) >= 11 is 0. The zero-order valence-corrected chi connectivity index (χ0v) is 32.1. The largest absolute Gasteiger partial charge is 0.455 e. The van der Waals surface area contributed by atoms with Gasteiger partial charge >= 0.3 is 0 Å². The van der Waals surface area contributed by atoms with Crippen molar-refractivity contribution in [3.05, 3.63) is 194 Å². The van der Waals surface area contributed by atoms with Crippen molar-refractivity contribution in [2.75, 3.05) is 0 Å². The Labute approximate surface area is 344 Å². The summed E-state index contributed by atoms with van der Waals surface area (Å²) in [6, 6.07) is 66.5. The number of oxazole rings is 1. The van der Waals surface area contributed by atoms with Gasteiger partial charge < -0.3 is 8.83 Å². The Balaban J connectivity index is 1.07. The van der Waals surface area contributed by atoms with E-state index in [9.17, 15) is 0 Å². The van der Waals surface area contributed by atoms with Crippen LogP contribution >= 0.6 is 0 Å². The van der Waals surface area contributed by atoms with Gasteiger partial charge in [-0.25, -0.2) is 19.9 Å². The maximum Gasteiger partial charge on any atom is 0.227 e. The third kappa shape index (κ3) is 5.73. The molecule has 12 rings (SSSR count). The lowest BCUT2D eigenvalue weighted by atomic mass is 9.99. The molecule has 0 aliphatic carbocycles. The highest BCUT2D eigenvalue weighted by atomic mass is 16.4. The topological polar surface area (TPSA) is 77.8 Å². The molecule has 6 nitrogen and oxygen atoms in total. The van der Waals surface area contributed by atoms with Crippen molar-refractivity contribution in [2.45, 2.75) is 0 Å². The summed E-state index contributed by atoms with van der Waals surface area (Å²) in [6.07, 6.45) is 0. The predicted molar refractivity (Wildman–Crippen MR) is 242 cm³/mol. The van der Waals surface area contributed by atoms with Gasteiger partial charge in [0.15, 0.2) is 23.1 Å². The van der Waals surface area contributed by atoms with Crippen LogP contribution in [0.3, 0.4) is 0 Å². The van der Waals surface area contributed by atoms with E-state index in [1.165, 1.54) is 10.8 Å². The third-order valence-corrected chi connectivity index (χ3v) is 11.3. The fourth-order valence-electron chi connectivity index (χ4n) is 8.37. The molecule has 0 saturated heterocycles. The first-order valence-corrected chi connectivity index (χ1v) is 20.0. The average molecular weight is 769 g/mol. The van der Waals surface area contributed by atoms with Gasteiger partial charge in [0.25, 0.3) is 0 Å². The molecule has 0 bridgehead atoms. The van der Waals surface area contributed by atoms with E-state index in [0.29, 0.717) is 40.1 Å². The molecule has 60 heavy (non-hydrogen) atoms. The number of hydrogen-bond acceptors (Lipinski definition) is 6. The quantitative estimate of drug-likeness (QED) is 0.168. The van der Waals surface area contributed by atoms with Gasteiger partial charge in [-0.15, -0.1) is 0 Å². The summed E-state index contributed by atoms with van der Waals surface area (Å²) < 4.78 is 13.2. The number of furan rings is 1. The first-order chi connectivity index (χ1) is 29.7. The molecule has 0 amide bonds. The molecule has 3 aromatic heterocycles. The van der Waals surface area contributed by atoms with E-state index in [2.05, 4.69) is 146 Å². The van der Waals surface area contributed by atoms with Crippen molar-refractivity contribution in [1.82, 2.24) is 19.9 Å². The zero-order valence-electron chi connectivity index (χ0n) is 32.1.